The van der Waals surface area contributed by atoms with Gasteiger partial charge in [0.2, 0.25) is 0 Å². The Kier molecular flexibility index (Phi) is 8.26. The second-order valence-electron chi connectivity index (χ2n) is 12.5. The lowest BCUT2D eigenvalue weighted by atomic mass is 9.88. The Morgan fingerprint density at radius 3 is 2.15 bits per heavy atom. The van der Waals surface area contributed by atoms with Crippen molar-refractivity contribution in [1.29, 1.82) is 0 Å². The third kappa shape index (κ3) is 5.41. The fourth-order valence-electron chi connectivity index (χ4n) is 7.13. The van der Waals surface area contributed by atoms with E-state index in [1.807, 2.05) is 18.2 Å². The van der Waals surface area contributed by atoms with Gasteiger partial charge in [-0.3, -0.25) is 4.57 Å². The second kappa shape index (κ2) is 12.7. The molecule has 0 atom stereocenters. The molecule has 3 aromatic heterocycles. The monoisotopic (exact) mass is 634 g/mol. The standard InChI is InChI=1S/C42H42N4O2/c1-8-29-21-30(9-2)42(31(10-3)22-29)41-27(5)44-46(28(41)6)32-19-26(4)20-35(23-32)48-34-15-16-37-36-13-11-12-14-38(36)45(39(37)24-34)40-25-33(47-7)17-18-43-40/h11-25H,8-10H2,1-7H3. The van der Waals surface area contributed by atoms with Gasteiger partial charge in [0.05, 0.1) is 29.5 Å². The van der Waals surface area contributed by atoms with Crippen molar-refractivity contribution in [2.24, 2.45) is 0 Å². The molecule has 0 bridgehead atoms. The molecule has 242 valence electrons. The molecular formula is C42H42N4O2. The van der Waals surface area contributed by atoms with Gasteiger partial charge in [-0.2, -0.15) is 5.10 Å². The molecule has 0 spiro atoms. The zero-order valence-electron chi connectivity index (χ0n) is 28.9. The maximum absolute atomic E-state index is 6.62. The first-order chi connectivity index (χ1) is 23.3. The van der Waals surface area contributed by atoms with Crippen LogP contribution in [0.25, 0.3) is 44.4 Å². The average molecular weight is 635 g/mol. The first-order valence-electron chi connectivity index (χ1n) is 16.9. The van der Waals surface area contributed by atoms with Crippen LogP contribution >= 0.6 is 0 Å². The van der Waals surface area contributed by atoms with E-state index in [-0.39, 0.29) is 0 Å². The second-order valence-corrected chi connectivity index (χ2v) is 12.5. The van der Waals surface area contributed by atoms with E-state index < -0.39 is 0 Å². The van der Waals surface area contributed by atoms with Gasteiger partial charge in [0.25, 0.3) is 0 Å². The number of fused-ring (bicyclic) bond motifs is 3. The van der Waals surface area contributed by atoms with Crippen molar-refractivity contribution in [3.05, 3.63) is 125 Å². The Morgan fingerprint density at radius 1 is 0.667 bits per heavy atom. The van der Waals surface area contributed by atoms with Crippen molar-refractivity contribution >= 4 is 21.8 Å². The molecule has 0 saturated heterocycles. The summed E-state index contributed by atoms with van der Waals surface area (Å²) in [7, 11) is 1.68. The number of aromatic nitrogens is 4. The summed E-state index contributed by atoms with van der Waals surface area (Å²) < 4.78 is 16.4. The number of para-hydroxylation sites is 1. The van der Waals surface area contributed by atoms with E-state index in [0.29, 0.717) is 0 Å². The summed E-state index contributed by atoms with van der Waals surface area (Å²) in [5.41, 5.74) is 13.1. The van der Waals surface area contributed by atoms with Gasteiger partial charge in [-0.1, -0.05) is 51.1 Å². The number of benzene rings is 4. The zero-order valence-corrected chi connectivity index (χ0v) is 28.9. The van der Waals surface area contributed by atoms with E-state index in [1.165, 1.54) is 27.8 Å². The molecule has 0 N–H and O–H groups in total. The molecule has 0 aliphatic rings. The van der Waals surface area contributed by atoms with Crippen molar-refractivity contribution in [3.8, 4) is 39.9 Å². The van der Waals surface area contributed by atoms with Gasteiger partial charge in [0, 0.05) is 46.4 Å². The van der Waals surface area contributed by atoms with Crippen molar-refractivity contribution in [2.75, 3.05) is 7.11 Å². The highest BCUT2D eigenvalue weighted by Gasteiger charge is 2.21. The highest BCUT2D eigenvalue weighted by molar-refractivity contribution is 6.09. The third-order valence-corrected chi connectivity index (χ3v) is 9.42. The molecule has 6 heteroatoms. The van der Waals surface area contributed by atoms with Crippen LogP contribution in [-0.2, 0) is 19.3 Å². The van der Waals surface area contributed by atoms with Crippen molar-refractivity contribution in [1.82, 2.24) is 19.3 Å². The SMILES string of the molecule is CCc1cc(CC)c(-c2c(C)nn(-c3cc(C)cc(Oc4ccc5c6ccccc6n(-c6cc(OC)ccn6)c5c4)c3)c2C)c(CC)c1. The Morgan fingerprint density at radius 2 is 1.42 bits per heavy atom. The van der Waals surface area contributed by atoms with E-state index in [0.717, 1.165) is 86.8 Å². The molecule has 0 saturated carbocycles. The Bertz CT molecular complexity index is 2280. The lowest BCUT2D eigenvalue weighted by Crippen LogP contribution is -2.02. The Balaban J connectivity index is 1.30. The zero-order chi connectivity index (χ0) is 33.5. The normalized spacial score (nSPS) is 11.5. The predicted octanol–water partition coefficient (Wildman–Crippen LogP) is 10.4. The summed E-state index contributed by atoms with van der Waals surface area (Å²) in [4.78, 5) is 4.70. The number of methoxy groups -OCH3 is 1. The average Bonchev–Trinajstić information content (AvgIpc) is 3.59. The summed E-state index contributed by atoms with van der Waals surface area (Å²) >= 11 is 0. The van der Waals surface area contributed by atoms with Gasteiger partial charge in [-0.05, 0) is 104 Å². The van der Waals surface area contributed by atoms with E-state index in [4.69, 9.17) is 19.6 Å². The van der Waals surface area contributed by atoms with Gasteiger partial charge in [0.1, 0.15) is 23.1 Å². The molecule has 0 unspecified atom stereocenters. The lowest BCUT2D eigenvalue weighted by molar-refractivity contribution is 0.414. The van der Waals surface area contributed by atoms with Crippen LogP contribution in [-0.4, -0.2) is 26.4 Å². The summed E-state index contributed by atoms with van der Waals surface area (Å²) in [6.45, 7) is 13.2. The largest absolute Gasteiger partial charge is 0.497 e. The van der Waals surface area contributed by atoms with E-state index >= 15 is 0 Å². The first-order valence-corrected chi connectivity index (χ1v) is 16.9. The molecule has 0 fully saturated rings. The highest BCUT2D eigenvalue weighted by atomic mass is 16.5. The van der Waals surface area contributed by atoms with Gasteiger partial charge < -0.3 is 9.47 Å². The van der Waals surface area contributed by atoms with Crippen LogP contribution in [0.4, 0.5) is 0 Å². The first kappa shape index (κ1) is 31.3. The van der Waals surface area contributed by atoms with Crippen LogP contribution in [0.1, 0.15) is 54.4 Å². The van der Waals surface area contributed by atoms with Crippen molar-refractivity contribution in [3.63, 3.8) is 0 Å². The number of rotatable bonds is 9. The molecular weight excluding hydrogens is 592 g/mol. The molecule has 4 aromatic carbocycles. The van der Waals surface area contributed by atoms with Crippen LogP contribution in [0.15, 0.2) is 91.1 Å². The van der Waals surface area contributed by atoms with Gasteiger partial charge in [-0.15, -0.1) is 0 Å². The summed E-state index contributed by atoms with van der Waals surface area (Å²) in [6.07, 6.45) is 4.79. The van der Waals surface area contributed by atoms with Gasteiger partial charge in [-0.25, -0.2) is 9.67 Å². The molecule has 0 radical (unpaired) electrons. The highest BCUT2D eigenvalue weighted by Crippen LogP contribution is 2.38. The van der Waals surface area contributed by atoms with Crippen LogP contribution < -0.4 is 9.47 Å². The van der Waals surface area contributed by atoms with Crippen molar-refractivity contribution in [2.45, 2.75) is 60.8 Å². The molecule has 7 aromatic rings. The lowest BCUT2D eigenvalue weighted by Gasteiger charge is -2.17. The summed E-state index contributed by atoms with van der Waals surface area (Å²) in [5, 5.41) is 7.39. The number of ether oxygens (including phenoxy) is 2. The van der Waals surface area contributed by atoms with Crippen LogP contribution in [0.2, 0.25) is 0 Å². The molecule has 0 aliphatic carbocycles. The third-order valence-electron chi connectivity index (χ3n) is 9.42. The number of pyridine rings is 1. The number of hydrogen-bond acceptors (Lipinski definition) is 4. The van der Waals surface area contributed by atoms with Crippen LogP contribution in [0.5, 0.6) is 17.2 Å². The minimum atomic E-state index is 0.747. The molecule has 0 aliphatic heterocycles. The number of hydrogen-bond donors (Lipinski definition) is 0. The predicted molar refractivity (Wildman–Crippen MR) is 197 cm³/mol. The van der Waals surface area contributed by atoms with E-state index in [2.05, 4.69) is 118 Å². The number of aryl methyl sites for hydroxylation is 5. The minimum Gasteiger partial charge on any atom is -0.497 e. The van der Waals surface area contributed by atoms with Crippen LogP contribution in [0.3, 0.4) is 0 Å². The minimum absolute atomic E-state index is 0.747. The quantitative estimate of drug-likeness (QED) is 0.159. The van der Waals surface area contributed by atoms with Crippen molar-refractivity contribution < 1.29 is 9.47 Å². The molecule has 7 rings (SSSR count). The topological polar surface area (TPSA) is 54.1 Å². The molecule has 6 nitrogen and oxygen atoms in total. The fraction of sp³-hybridized carbons (Fsp3) is 0.238. The molecule has 48 heavy (non-hydrogen) atoms. The maximum Gasteiger partial charge on any atom is 0.141 e. The Labute approximate surface area is 282 Å². The Hall–Kier alpha value is -5.36. The van der Waals surface area contributed by atoms with Gasteiger partial charge >= 0.3 is 0 Å². The smallest absolute Gasteiger partial charge is 0.141 e. The molecule has 3 heterocycles. The molecule has 0 amide bonds. The van der Waals surface area contributed by atoms with E-state index in [9.17, 15) is 0 Å². The van der Waals surface area contributed by atoms with E-state index in [1.54, 1.807) is 13.3 Å². The number of nitrogens with zero attached hydrogens (tertiary/aromatic N) is 4. The fourth-order valence-corrected chi connectivity index (χ4v) is 7.13. The van der Waals surface area contributed by atoms with Crippen LogP contribution in [0, 0.1) is 20.8 Å². The summed E-state index contributed by atoms with van der Waals surface area (Å²) in [5.74, 6) is 3.05. The van der Waals surface area contributed by atoms with Gasteiger partial charge in [0.15, 0.2) is 0 Å². The summed E-state index contributed by atoms with van der Waals surface area (Å²) in [6, 6.07) is 29.6. The maximum atomic E-state index is 6.62.